The first kappa shape index (κ1) is 19.9. The van der Waals surface area contributed by atoms with Gasteiger partial charge in [0.15, 0.2) is 5.78 Å². The van der Waals surface area contributed by atoms with Gasteiger partial charge in [-0.15, -0.1) is 0 Å². The SMILES string of the molecule is CCCCCCCCOc1cc(O)c2c(c1)C(=O)c1cc(C)cc(O)c1C2=O. The lowest BCUT2D eigenvalue weighted by molar-refractivity contribution is 0.0973. The van der Waals surface area contributed by atoms with Gasteiger partial charge in [-0.05, 0) is 37.1 Å². The van der Waals surface area contributed by atoms with Gasteiger partial charge < -0.3 is 14.9 Å². The van der Waals surface area contributed by atoms with Crippen LogP contribution in [0.1, 0.15) is 82.9 Å². The van der Waals surface area contributed by atoms with Crippen molar-refractivity contribution in [1.82, 2.24) is 0 Å². The summed E-state index contributed by atoms with van der Waals surface area (Å²) in [6, 6.07) is 5.88. The van der Waals surface area contributed by atoms with Crippen molar-refractivity contribution < 1.29 is 24.5 Å². The number of hydrogen-bond acceptors (Lipinski definition) is 5. The molecule has 2 N–H and O–H groups in total. The van der Waals surface area contributed by atoms with E-state index in [1.54, 1.807) is 13.0 Å². The summed E-state index contributed by atoms with van der Waals surface area (Å²) >= 11 is 0. The summed E-state index contributed by atoms with van der Waals surface area (Å²) < 4.78 is 5.71. The monoisotopic (exact) mass is 382 g/mol. The maximum absolute atomic E-state index is 12.9. The van der Waals surface area contributed by atoms with Gasteiger partial charge in [0, 0.05) is 17.2 Å². The zero-order valence-corrected chi connectivity index (χ0v) is 16.4. The van der Waals surface area contributed by atoms with Gasteiger partial charge >= 0.3 is 0 Å². The van der Waals surface area contributed by atoms with Gasteiger partial charge in [0.1, 0.15) is 17.2 Å². The second kappa shape index (κ2) is 8.46. The van der Waals surface area contributed by atoms with E-state index in [-0.39, 0.29) is 33.8 Å². The third-order valence-corrected chi connectivity index (χ3v) is 5.06. The van der Waals surface area contributed by atoms with Crippen LogP contribution in [0.5, 0.6) is 17.2 Å². The van der Waals surface area contributed by atoms with Gasteiger partial charge in [-0.25, -0.2) is 0 Å². The predicted octanol–water partition coefficient (Wildman–Crippen LogP) is 4.92. The van der Waals surface area contributed by atoms with Crippen LogP contribution in [0.25, 0.3) is 0 Å². The summed E-state index contributed by atoms with van der Waals surface area (Å²) in [7, 11) is 0. The molecule has 0 amide bonds. The Morgan fingerprint density at radius 1 is 0.786 bits per heavy atom. The molecule has 3 rings (SSSR count). The average Bonchev–Trinajstić information content (AvgIpc) is 2.64. The van der Waals surface area contributed by atoms with Crippen molar-refractivity contribution >= 4 is 11.6 Å². The largest absolute Gasteiger partial charge is 0.507 e. The number of ketones is 2. The number of phenolic OH excluding ortho intramolecular Hbond substituents is 2. The fourth-order valence-corrected chi connectivity index (χ4v) is 3.63. The van der Waals surface area contributed by atoms with Crippen molar-refractivity contribution in [2.24, 2.45) is 0 Å². The number of benzene rings is 2. The number of aromatic hydroxyl groups is 2. The van der Waals surface area contributed by atoms with E-state index in [0.29, 0.717) is 17.9 Å². The van der Waals surface area contributed by atoms with E-state index in [2.05, 4.69) is 6.92 Å². The highest BCUT2D eigenvalue weighted by Gasteiger charge is 2.35. The van der Waals surface area contributed by atoms with E-state index in [9.17, 15) is 19.8 Å². The average molecular weight is 382 g/mol. The van der Waals surface area contributed by atoms with E-state index in [1.165, 1.54) is 43.9 Å². The van der Waals surface area contributed by atoms with Crippen LogP contribution in [0.15, 0.2) is 24.3 Å². The molecule has 0 saturated heterocycles. The van der Waals surface area contributed by atoms with Crippen LogP contribution in [0.4, 0.5) is 0 Å². The summed E-state index contributed by atoms with van der Waals surface area (Å²) in [5.41, 5.74) is 0.811. The van der Waals surface area contributed by atoms with Crippen LogP contribution in [0.2, 0.25) is 0 Å². The van der Waals surface area contributed by atoms with Crippen molar-refractivity contribution in [2.45, 2.75) is 52.4 Å². The number of rotatable bonds is 8. The number of fused-ring (bicyclic) bond motifs is 2. The highest BCUT2D eigenvalue weighted by Crippen LogP contribution is 2.39. The molecule has 0 aliphatic heterocycles. The molecular formula is C23H26O5. The molecule has 0 aromatic heterocycles. The van der Waals surface area contributed by atoms with Gasteiger partial charge in [-0.1, -0.05) is 39.0 Å². The topological polar surface area (TPSA) is 83.8 Å². The standard InChI is InChI=1S/C23H26O5/c1-3-4-5-6-7-8-9-28-15-12-17-21(19(25)13-15)23(27)20-16(22(17)26)10-14(2)11-18(20)24/h10-13,24-25H,3-9H2,1-2H3. The first-order valence-electron chi connectivity index (χ1n) is 9.86. The van der Waals surface area contributed by atoms with Gasteiger partial charge in [0.25, 0.3) is 0 Å². The zero-order valence-electron chi connectivity index (χ0n) is 16.4. The summed E-state index contributed by atoms with van der Waals surface area (Å²) in [6.07, 6.45) is 6.80. The zero-order chi connectivity index (χ0) is 20.3. The van der Waals surface area contributed by atoms with Gasteiger partial charge in [-0.2, -0.15) is 0 Å². The maximum atomic E-state index is 12.9. The lowest BCUT2D eigenvalue weighted by atomic mass is 9.82. The predicted molar refractivity (Wildman–Crippen MR) is 107 cm³/mol. The molecule has 0 unspecified atom stereocenters. The molecule has 0 spiro atoms. The van der Waals surface area contributed by atoms with Crippen LogP contribution in [-0.4, -0.2) is 28.4 Å². The van der Waals surface area contributed by atoms with Crippen LogP contribution in [0, 0.1) is 6.92 Å². The number of hydrogen-bond donors (Lipinski definition) is 2. The highest BCUT2D eigenvalue weighted by molar-refractivity contribution is 6.30. The molecule has 148 valence electrons. The Bertz CT molecular complexity index is 914. The molecule has 0 radical (unpaired) electrons. The van der Waals surface area contributed by atoms with Gasteiger partial charge in [0.05, 0.1) is 17.7 Å². The Kier molecular flexibility index (Phi) is 6.02. The first-order valence-corrected chi connectivity index (χ1v) is 9.86. The number of phenols is 2. The molecule has 5 heteroatoms. The van der Waals surface area contributed by atoms with Gasteiger partial charge in [0.2, 0.25) is 5.78 Å². The summed E-state index contributed by atoms with van der Waals surface area (Å²) in [5.74, 6) is -1.14. The molecule has 0 fully saturated rings. The summed E-state index contributed by atoms with van der Waals surface area (Å²) in [4.78, 5) is 25.7. The Balaban J connectivity index is 1.79. The van der Waals surface area contributed by atoms with E-state index >= 15 is 0 Å². The lowest BCUT2D eigenvalue weighted by Crippen LogP contribution is -2.21. The molecule has 28 heavy (non-hydrogen) atoms. The molecule has 0 bridgehead atoms. The highest BCUT2D eigenvalue weighted by atomic mass is 16.5. The molecule has 0 heterocycles. The minimum Gasteiger partial charge on any atom is -0.507 e. The number of carbonyl (C=O) groups is 2. The molecule has 0 atom stereocenters. The molecule has 5 nitrogen and oxygen atoms in total. The van der Waals surface area contributed by atoms with Crippen molar-refractivity contribution in [2.75, 3.05) is 6.61 Å². The van der Waals surface area contributed by atoms with Crippen molar-refractivity contribution in [1.29, 1.82) is 0 Å². The number of aryl methyl sites for hydroxylation is 1. The maximum Gasteiger partial charge on any atom is 0.201 e. The molecule has 2 aromatic rings. The second-order valence-electron chi connectivity index (χ2n) is 7.35. The van der Waals surface area contributed by atoms with E-state index in [4.69, 9.17) is 4.74 Å². The minimum atomic E-state index is -0.554. The number of ether oxygens (including phenoxy) is 1. The first-order chi connectivity index (χ1) is 13.4. The normalized spacial score (nSPS) is 12.6. The smallest absolute Gasteiger partial charge is 0.201 e. The van der Waals surface area contributed by atoms with Crippen LogP contribution < -0.4 is 4.74 Å². The number of unbranched alkanes of at least 4 members (excludes halogenated alkanes) is 5. The second-order valence-corrected chi connectivity index (χ2v) is 7.35. The summed E-state index contributed by atoms with van der Waals surface area (Å²) in [5, 5.41) is 20.5. The Hall–Kier alpha value is -2.82. The van der Waals surface area contributed by atoms with Crippen LogP contribution in [-0.2, 0) is 0 Å². The van der Waals surface area contributed by atoms with Crippen LogP contribution in [0.3, 0.4) is 0 Å². The Morgan fingerprint density at radius 2 is 1.39 bits per heavy atom. The van der Waals surface area contributed by atoms with E-state index in [1.807, 2.05) is 0 Å². The molecular weight excluding hydrogens is 356 g/mol. The van der Waals surface area contributed by atoms with Crippen molar-refractivity contribution in [3.05, 3.63) is 52.1 Å². The molecule has 1 aliphatic rings. The third kappa shape index (κ3) is 3.88. The molecule has 1 aliphatic carbocycles. The van der Waals surface area contributed by atoms with E-state index in [0.717, 1.165) is 12.8 Å². The fourth-order valence-electron chi connectivity index (χ4n) is 3.63. The van der Waals surface area contributed by atoms with Crippen molar-refractivity contribution in [3.8, 4) is 17.2 Å². The Labute approximate surface area is 165 Å². The van der Waals surface area contributed by atoms with Crippen molar-refractivity contribution in [3.63, 3.8) is 0 Å². The Morgan fingerprint density at radius 3 is 2.11 bits per heavy atom. The van der Waals surface area contributed by atoms with E-state index < -0.39 is 11.6 Å². The third-order valence-electron chi connectivity index (χ3n) is 5.06. The fraction of sp³-hybridized carbons (Fsp3) is 0.391. The number of carbonyl (C=O) groups excluding carboxylic acids is 2. The molecule has 0 saturated carbocycles. The van der Waals surface area contributed by atoms with Crippen LogP contribution >= 0.6 is 0 Å². The lowest BCUT2D eigenvalue weighted by Gasteiger charge is -2.20. The molecule has 2 aromatic carbocycles. The quantitative estimate of drug-likeness (QED) is 0.540. The minimum absolute atomic E-state index is 0.0563. The summed E-state index contributed by atoms with van der Waals surface area (Å²) in [6.45, 7) is 4.41. The van der Waals surface area contributed by atoms with Gasteiger partial charge in [-0.3, -0.25) is 9.59 Å².